The molecule has 0 heterocycles. The van der Waals surface area contributed by atoms with E-state index in [0.29, 0.717) is 12.3 Å². The van der Waals surface area contributed by atoms with E-state index in [-0.39, 0.29) is 5.91 Å². The van der Waals surface area contributed by atoms with Gasteiger partial charge in [-0.15, -0.1) is 0 Å². The quantitative estimate of drug-likeness (QED) is 0.195. The Labute approximate surface area is 237 Å². The van der Waals surface area contributed by atoms with Crippen LogP contribution in [0.1, 0.15) is 134 Å². The van der Waals surface area contributed by atoms with Crippen molar-refractivity contribution in [2.45, 2.75) is 128 Å². The zero-order valence-electron chi connectivity index (χ0n) is 24.3. The molecule has 1 unspecified atom stereocenters. The van der Waals surface area contributed by atoms with Crippen LogP contribution >= 0.6 is 0 Å². The number of carbonyl (C=O) groups is 1. The second-order valence-electron chi connectivity index (χ2n) is 11.3. The lowest BCUT2D eigenvalue weighted by molar-refractivity contribution is -0.118. The standard InChI is InChI=1S/C35H50N2O2/c1-2-3-4-5-6-7-8-9-10-11-12-15-23-30(28-36)35(38)37-32-26-20-27-33(39-31-24-18-14-19-25-31)34(32)29-21-16-13-17-22-29/h14,18-20,24-27,29-30H,2-13,15-17,21-23H2,1H3,(H,37,38). The van der Waals surface area contributed by atoms with Crippen LogP contribution in [0.15, 0.2) is 48.5 Å². The number of benzene rings is 2. The Hall–Kier alpha value is -2.80. The lowest BCUT2D eigenvalue weighted by atomic mass is 9.82. The van der Waals surface area contributed by atoms with Gasteiger partial charge in [0.2, 0.25) is 5.91 Å². The Bertz CT molecular complexity index is 991. The molecule has 0 bridgehead atoms. The average molecular weight is 531 g/mol. The molecule has 212 valence electrons. The van der Waals surface area contributed by atoms with Gasteiger partial charge in [-0.25, -0.2) is 0 Å². The van der Waals surface area contributed by atoms with Gasteiger partial charge in [0.15, 0.2) is 0 Å². The highest BCUT2D eigenvalue weighted by Crippen LogP contribution is 2.43. The highest BCUT2D eigenvalue weighted by molar-refractivity contribution is 5.95. The lowest BCUT2D eigenvalue weighted by Crippen LogP contribution is -2.23. The van der Waals surface area contributed by atoms with Gasteiger partial charge in [-0.2, -0.15) is 5.26 Å². The number of amides is 1. The molecular weight excluding hydrogens is 480 g/mol. The maximum atomic E-state index is 13.2. The summed E-state index contributed by atoms with van der Waals surface area (Å²) in [5, 5.41) is 12.9. The van der Waals surface area contributed by atoms with Crippen LogP contribution in [-0.4, -0.2) is 5.91 Å². The van der Waals surface area contributed by atoms with E-state index < -0.39 is 5.92 Å². The van der Waals surface area contributed by atoms with Crippen LogP contribution in [0, 0.1) is 17.2 Å². The first-order valence-electron chi connectivity index (χ1n) is 15.8. The summed E-state index contributed by atoms with van der Waals surface area (Å²) in [6, 6.07) is 18.0. The number of hydrogen-bond donors (Lipinski definition) is 1. The minimum Gasteiger partial charge on any atom is -0.457 e. The third-order valence-electron chi connectivity index (χ3n) is 8.13. The van der Waals surface area contributed by atoms with Crippen molar-refractivity contribution < 1.29 is 9.53 Å². The highest BCUT2D eigenvalue weighted by atomic mass is 16.5. The second kappa shape index (κ2) is 18.5. The van der Waals surface area contributed by atoms with E-state index in [0.717, 1.165) is 48.4 Å². The summed E-state index contributed by atoms with van der Waals surface area (Å²) >= 11 is 0. The number of nitrogens with one attached hydrogen (secondary N) is 1. The van der Waals surface area contributed by atoms with Crippen molar-refractivity contribution in [3.05, 3.63) is 54.1 Å². The molecule has 39 heavy (non-hydrogen) atoms. The second-order valence-corrected chi connectivity index (χ2v) is 11.3. The molecule has 0 aromatic heterocycles. The summed E-state index contributed by atoms with van der Waals surface area (Å²) in [6.45, 7) is 2.26. The molecular formula is C35H50N2O2. The molecule has 1 amide bonds. The molecule has 3 rings (SSSR count). The Kier molecular flexibility index (Phi) is 14.6. The number of nitrogens with zero attached hydrogens (tertiary/aromatic N) is 1. The Morgan fingerprint density at radius 2 is 1.46 bits per heavy atom. The van der Waals surface area contributed by atoms with Crippen molar-refractivity contribution in [2.24, 2.45) is 5.92 Å². The van der Waals surface area contributed by atoms with E-state index >= 15 is 0 Å². The van der Waals surface area contributed by atoms with Gasteiger partial charge >= 0.3 is 0 Å². The van der Waals surface area contributed by atoms with Crippen molar-refractivity contribution >= 4 is 11.6 Å². The normalized spacial score (nSPS) is 14.5. The fraction of sp³-hybridized carbons (Fsp3) is 0.600. The van der Waals surface area contributed by atoms with Gasteiger partial charge < -0.3 is 10.1 Å². The summed E-state index contributed by atoms with van der Waals surface area (Å²) in [7, 11) is 0. The van der Waals surface area contributed by atoms with E-state index in [2.05, 4.69) is 18.3 Å². The summed E-state index contributed by atoms with van der Waals surface area (Å²) in [5.74, 6) is 1.15. The molecule has 1 aliphatic carbocycles. The minimum atomic E-state index is -0.619. The molecule has 0 saturated heterocycles. The molecule has 1 aliphatic rings. The predicted octanol–water partition coefficient (Wildman–Crippen LogP) is 10.7. The van der Waals surface area contributed by atoms with Crippen LogP contribution in [0.2, 0.25) is 0 Å². The van der Waals surface area contributed by atoms with Crippen molar-refractivity contribution in [1.29, 1.82) is 5.26 Å². The van der Waals surface area contributed by atoms with E-state index in [1.165, 1.54) is 83.5 Å². The van der Waals surface area contributed by atoms with Crippen molar-refractivity contribution in [2.75, 3.05) is 5.32 Å². The number of carbonyl (C=O) groups excluding carboxylic acids is 1. The molecule has 1 atom stereocenters. The number of hydrogen-bond acceptors (Lipinski definition) is 3. The molecule has 2 aromatic carbocycles. The lowest BCUT2D eigenvalue weighted by Gasteiger charge is -2.27. The monoisotopic (exact) mass is 530 g/mol. The topological polar surface area (TPSA) is 62.1 Å². The fourth-order valence-corrected chi connectivity index (χ4v) is 5.83. The van der Waals surface area contributed by atoms with E-state index in [4.69, 9.17) is 4.74 Å². The van der Waals surface area contributed by atoms with Crippen LogP contribution in [0.4, 0.5) is 5.69 Å². The van der Waals surface area contributed by atoms with E-state index in [1.54, 1.807) is 0 Å². The summed E-state index contributed by atoms with van der Waals surface area (Å²) < 4.78 is 6.30. The minimum absolute atomic E-state index is 0.186. The van der Waals surface area contributed by atoms with Crippen LogP contribution in [0.25, 0.3) is 0 Å². The van der Waals surface area contributed by atoms with Crippen molar-refractivity contribution in [3.63, 3.8) is 0 Å². The van der Waals surface area contributed by atoms with Crippen molar-refractivity contribution in [3.8, 4) is 17.6 Å². The Morgan fingerprint density at radius 3 is 2.08 bits per heavy atom. The number of para-hydroxylation sites is 1. The first-order valence-corrected chi connectivity index (χ1v) is 15.8. The smallest absolute Gasteiger partial charge is 0.241 e. The van der Waals surface area contributed by atoms with E-state index in [1.807, 2.05) is 48.5 Å². The Morgan fingerprint density at radius 1 is 0.846 bits per heavy atom. The molecule has 1 fully saturated rings. The van der Waals surface area contributed by atoms with Crippen LogP contribution in [0.3, 0.4) is 0 Å². The van der Waals surface area contributed by atoms with Crippen molar-refractivity contribution in [1.82, 2.24) is 0 Å². The molecule has 1 N–H and O–H groups in total. The number of ether oxygens (including phenoxy) is 1. The van der Waals surface area contributed by atoms with Crippen LogP contribution < -0.4 is 10.1 Å². The molecule has 2 aromatic rings. The molecule has 4 nitrogen and oxygen atoms in total. The third-order valence-corrected chi connectivity index (χ3v) is 8.13. The van der Waals surface area contributed by atoms with Crippen LogP contribution in [-0.2, 0) is 4.79 Å². The fourth-order valence-electron chi connectivity index (χ4n) is 5.83. The van der Waals surface area contributed by atoms with Gasteiger partial charge in [-0.05, 0) is 49.4 Å². The average Bonchev–Trinajstić information content (AvgIpc) is 2.97. The number of anilines is 1. The van der Waals surface area contributed by atoms with Crippen LogP contribution in [0.5, 0.6) is 11.5 Å². The predicted molar refractivity (Wildman–Crippen MR) is 162 cm³/mol. The summed E-state index contributed by atoms with van der Waals surface area (Å²) in [4.78, 5) is 13.2. The summed E-state index contributed by atoms with van der Waals surface area (Å²) in [5.41, 5.74) is 1.88. The van der Waals surface area contributed by atoms with Gasteiger partial charge in [0.1, 0.15) is 17.4 Å². The Balaban J connectivity index is 1.49. The third kappa shape index (κ3) is 11.1. The number of nitriles is 1. The molecule has 4 heteroatoms. The zero-order valence-corrected chi connectivity index (χ0v) is 24.3. The summed E-state index contributed by atoms with van der Waals surface area (Å²) in [6.07, 6.45) is 21.8. The maximum Gasteiger partial charge on any atom is 0.241 e. The zero-order chi connectivity index (χ0) is 27.5. The number of unbranched alkanes of at least 4 members (excludes halogenated alkanes) is 11. The first-order chi connectivity index (χ1) is 19.2. The van der Waals surface area contributed by atoms with Gasteiger partial charge in [0, 0.05) is 11.3 Å². The number of rotatable bonds is 18. The van der Waals surface area contributed by atoms with E-state index in [9.17, 15) is 10.1 Å². The maximum absolute atomic E-state index is 13.2. The highest BCUT2D eigenvalue weighted by Gasteiger charge is 2.25. The molecule has 0 radical (unpaired) electrons. The molecule has 0 spiro atoms. The van der Waals surface area contributed by atoms with Gasteiger partial charge in [0.25, 0.3) is 0 Å². The molecule has 1 saturated carbocycles. The van der Waals surface area contributed by atoms with Gasteiger partial charge in [-0.1, -0.05) is 128 Å². The molecule has 0 aliphatic heterocycles. The first kappa shape index (κ1) is 30.7. The largest absolute Gasteiger partial charge is 0.457 e. The van der Waals surface area contributed by atoms with Gasteiger partial charge in [-0.3, -0.25) is 4.79 Å². The SMILES string of the molecule is CCCCCCCCCCCCCCC(C#N)C(=O)Nc1cccc(Oc2ccccc2)c1C1CCCCC1. The van der Waals surface area contributed by atoms with Gasteiger partial charge in [0.05, 0.1) is 6.07 Å².